The number of amides is 1. The Bertz CT molecular complexity index is 888. The Morgan fingerprint density at radius 2 is 1.69 bits per heavy atom. The van der Waals surface area contributed by atoms with Crippen molar-refractivity contribution in [3.8, 4) is 0 Å². The van der Waals surface area contributed by atoms with E-state index in [1.165, 1.54) is 16.3 Å². The fourth-order valence-electron chi connectivity index (χ4n) is 3.67. The second-order valence-electron chi connectivity index (χ2n) is 6.75. The molecule has 1 amide bonds. The second-order valence-corrected chi connectivity index (χ2v) is 8.07. The number of fused-ring (bicyclic) bond motifs is 1. The smallest absolute Gasteiger partial charge is 0.227 e. The number of benzene rings is 3. The van der Waals surface area contributed by atoms with Crippen LogP contribution in [0, 0.1) is 0 Å². The topological polar surface area (TPSA) is 20.3 Å². The summed E-state index contributed by atoms with van der Waals surface area (Å²) >= 11 is 1.97. The molecule has 0 aromatic heterocycles. The SMILES string of the molecule is O=C(Cc1cccc2ccccc12)N1CCSC(c2ccccc2)CC1. The van der Waals surface area contributed by atoms with Gasteiger partial charge in [0.2, 0.25) is 5.91 Å². The van der Waals surface area contributed by atoms with Gasteiger partial charge in [0.15, 0.2) is 0 Å². The average Bonchev–Trinajstić information content (AvgIpc) is 2.95. The minimum Gasteiger partial charge on any atom is -0.342 e. The first-order valence-corrected chi connectivity index (χ1v) is 10.3. The van der Waals surface area contributed by atoms with Gasteiger partial charge in [-0.25, -0.2) is 0 Å². The molecule has 3 heteroatoms. The molecule has 0 bridgehead atoms. The van der Waals surface area contributed by atoms with Crippen LogP contribution in [-0.4, -0.2) is 29.6 Å². The zero-order valence-corrected chi connectivity index (χ0v) is 15.6. The van der Waals surface area contributed by atoms with Crippen molar-refractivity contribution in [3.05, 3.63) is 83.9 Å². The number of hydrogen-bond acceptors (Lipinski definition) is 2. The highest BCUT2D eigenvalue weighted by Crippen LogP contribution is 2.34. The molecule has 0 radical (unpaired) electrons. The molecule has 1 fully saturated rings. The van der Waals surface area contributed by atoms with Crippen LogP contribution in [0.1, 0.15) is 22.8 Å². The summed E-state index contributed by atoms with van der Waals surface area (Å²) < 4.78 is 0. The largest absolute Gasteiger partial charge is 0.342 e. The first kappa shape index (κ1) is 17.2. The number of thioether (sulfide) groups is 1. The van der Waals surface area contributed by atoms with Crippen molar-refractivity contribution in [2.45, 2.75) is 18.1 Å². The van der Waals surface area contributed by atoms with Crippen LogP contribution in [0.3, 0.4) is 0 Å². The van der Waals surface area contributed by atoms with Crippen molar-refractivity contribution in [2.24, 2.45) is 0 Å². The summed E-state index contributed by atoms with van der Waals surface area (Å²) in [6.07, 6.45) is 1.51. The van der Waals surface area contributed by atoms with E-state index in [0.717, 1.165) is 30.8 Å². The van der Waals surface area contributed by atoms with Gasteiger partial charge in [0, 0.05) is 24.1 Å². The molecule has 4 rings (SSSR count). The lowest BCUT2D eigenvalue weighted by Gasteiger charge is -2.21. The predicted molar refractivity (Wildman–Crippen MR) is 110 cm³/mol. The van der Waals surface area contributed by atoms with Gasteiger partial charge < -0.3 is 4.90 Å². The molecule has 0 aliphatic carbocycles. The summed E-state index contributed by atoms with van der Waals surface area (Å²) in [5.41, 5.74) is 2.51. The molecule has 3 aromatic rings. The van der Waals surface area contributed by atoms with E-state index in [4.69, 9.17) is 0 Å². The maximum atomic E-state index is 12.9. The average molecular weight is 362 g/mol. The Hall–Kier alpha value is -2.26. The molecule has 132 valence electrons. The molecule has 26 heavy (non-hydrogen) atoms. The van der Waals surface area contributed by atoms with E-state index < -0.39 is 0 Å². The molecular formula is C23H23NOS. The van der Waals surface area contributed by atoms with Gasteiger partial charge in [-0.3, -0.25) is 4.79 Å². The fourth-order valence-corrected chi connectivity index (χ4v) is 4.91. The molecule has 2 nitrogen and oxygen atoms in total. The van der Waals surface area contributed by atoms with Crippen LogP contribution in [0.5, 0.6) is 0 Å². The highest BCUT2D eigenvalue weighted by atomic mass is 32.2. The van der Waals surface area contributed by atoms with Crippen LogP contribution in [0.15, 0.2) is 72.8 Å². The molecule has 1 aliphatic heterocycles. The Labute approximate surface area is 159 Å². The van der Waals surface area contributed by atoms with Gasteiger partial charge in [-0.2, -0.15) is 11.8 Å². The van der Waals surface area contributed by atoms with E-state index in [1.54, 1.807) is 0 Å². The standard InChI is InChI=1S/C23H23NOS/c25-23(17-20-11-6-10-18-7-4-5-12-21(18)20)24-14-13-22(26-16-15-24)19-8-2-1-3-9-19/h1-12,22H,13-17H2. The van der Waals surface area contributed by atoms with Crippen LogP contribution in [0.4, 0.5) is 0 Å². The first-order chi connectivity index (χ1) is 12.8. The highest BCUT2D eigenvalue weighted by Gasteiger charge is 2.22. The number of rotatable bonds is 3. The number of carbonyl (C=O) groups is 1. The van der Waals surface area contributed by atoms with Crippen molar-refractivity contribution in [2.75, 3.05) is 18.8 Å². The monoisotopic (exact) mass is 361 g/mol. The van der Waals surface area contributed by atoms with Gasteiger partial charge in [-0.1, -0.05) is 72.8 Å². The lowest BCUT2D eigenvalue weighted by molar-refractivity contribution is -0.130. The second kappa shape index (κ2) is 7.96. The molecule has 0 N–H and O–H groups in total. The lowest BCUT2D eigenvalue weighted by Crippen LogP contribution is -2.34. The van der Waals surface area contributed by atoms with Crippen molar-refractivity contribution in [1.82, 2.24) is 4.90 Å². The summed E-state index contributed by atoms with van der Waals surface area (Å²) in [7, 11) is 0. The summed E-state index contributed by atoms with van der Waals surface area (Å²) in [4.78, 5) is 15.0. The molecule has 1 saturated heterocycles. The Morgan fingerprint density at radius 1 is 0.923 bits per heavy atom. The minimum atomic E-state index is 0.246. The van der Waals surface area contributed by atoms with E-state index >= 15 is 0 Å². The molecule has 0 saturated carbocycles. The number of nitrogens with zero attached hydrogens (tertiary/aromatic N) is 1. The zero-order chi connectivity index (χ0) is 17.8. The zero-order valence-electron chi connectivity index (χ0n) is 14.8. The van der Waals surface area contributed by atoms with Crippen molar-refractivity contribution in [1.29, 1.82) is 0 Å². The summed E-state index contributed by atoms with van der Waals surface area (Å²) in [5, 5.41) is 2.88. The molecule has 3 aromatic carbocycles. The minimum absolute atomic E-state index is 0.246. The maximum Gasteiger partial charge on any atom is 0.227 e. The van der Waals surface area contributed by atoms with Gasteiger partial charge in [-0.15, -0.1) is 0 Å². The summed E-state index contributed by atoms with van der Waals surface area (Å²) in [6.45, 7) is 1.69. The van der Waals surface area contributed by atoms with Crippen LogP contribution < -0.4 is 0 Å². The quantitative estimate of drug-likeness (QED) is 0.648. The molecule has 1 unspecified atom stereocenters. The van der Waals surface area contributed by atoms with Crippen LogP contribution in [-0.2, 0) is 11.2 Å². The normalized spacial score (nSPS) is 17.8. The van der Waals surface area contributed by atoms with Crippen LogP contribution in [0.25, 0.3) is 10.8 Å². The molecular weight excluding hydrogens is 338 g/mol. The van der Waals surface area contributed by atoms with E-state index in [2.05, 4.69) is 65.6 Å². The van der Waals surface area contributed by atoms with Crippen LogP contribution in [0.2, 0.25) is 0 Å². The Balaban J connectivity index is 1.45. The van der Waals surface area contributed by atoms with Gasteiger partial charge >= 0.3 is 0 Å². The molecule has 0 spiro atoms. The first-order valence-electron chi connectivity index (χ1n) is 9.22. The Kier molecular flexibility index (Phi) is 5.26. The van der Waals surface area contributed by atoms with Gasteiger partial charge in [-0.05, 0) is 28.3 Å². The number of hydrogen-bond donors (Lipinski definition) is 0. The fraction of sp³-hybridized carbons (Fsp3) is 0.261. The van der Waals surface area contributed by atoms with Gasteiger partial charge in [0.1, 0.15) is 0 Å². The third-order valence-electron chi connectivity index (χ3n) is 5.09. The highest BCUT2D eigenvalue weighted by molar-refractivity contribution is 7.99. The predicted octanol–water partition coefficient (Wildman–Crippen LogP) is 5.09. The third-order valence-corrected chi connectivity index (χ3v) is 6.42. The van der Waals surface area contributed by atoms with Crippen LogP contribution >= 0.6 is 11.8 Å². The van der Waals surface area contributed by atoms with E-state index in [0.29, 0.717) is 11.7 Å². The summed E-state index contributed by atoms with van der Waals surface area (Å²) in [5.74, 6) is 1.25. The van der Waals surface area contributed by atoms with E-state index in [-0.39, 0.29) is 5.91 Å². The van der Waals surface area contributed by atoms with Gasteiger partial charge in [0.05, 0.1) is 6.42 Å². The maximum absolute atomic E-state index is 12.9. The molecule has 1 atom stereocenters. The van der Waals surface area contributed by atoms with E-state index in [9.17, 15) is 4.79 Å². The lowest BCUT2D eigenvalue weighted by atomic mass is 10.0. The molecule has 1 aliphatic rings. The van der Waals surface area contributed by atoms with Crippen molar-refractivity contribution >= 4 is 28.4 Å². The van der Waals surface area contributed by atoms with E-state index in [1.807, 2.05) is 23.9 Å². The third kappa shape index (κ3) is 3.78. The summed E-state index contributed by atoms with van der Waals surface area (Å²) in [6, 6.07) is 25.2. The van der Waals surface area contributed by atoms with Crippen molar-refractivity contribution in [3.63, 3.8) is 0 Å². The van der Waals surface area contributed by atoms with Crippen molar-refractivity contribution < 1.29 is 4.79 Å². The Morgan fingerprint density at radius 3 is 2.58 bits per heavy atom. The number of carbonyl (C=O) groups excluding carboxylic acids is 1. The molecule has 1 heterocycles. The van der Waals surface area contributed by atoms with Gasteiger partial charge in [0.25, 0.3) is 0 Å².